The fourth-order valence-electron chi connectivity index (χ4n) is 2.21. The SMILES string of the molecule is N#Cc1cccc(NC(=O)c2ccc(Nc3ccccc3C#N)nn2)c1. The number of anilines is 3. The molecule has 7 nitrogen and oxygen atoms in total. The van der Waals surface area contributed by atoms with E-state index in [0.717, 1.165) is 0 Å². The number of para-hydroxylation sites is 1. The van der Waals surface area contributed by atoms with E-state index in [2.05, 4.69) is 26.9 Å². The lowest BCUT2D eigenvalue weighted by atomic mass is 10.2. The van der Waals surface area contributed by atoms with Gasteiger partial charge in [0.2, 0.25) is 0 Å². The lowest BCUT2D eigenvalue weighted by molar-refractivity contribution is 0.102. The van der Waals surface area contributed by atoms with Crippen LogP contribution in [0, 0.1) is 22.7 Å². The van der Waals surface area contributed by atoms with Crippen molar-refractivity contribution in [3.63, 3.8) is 0 Å². The number of aromatic nitrogens is 2. The van der Waals surface area contributed by atoms with Gasteiger partial charge in [0, 0.05) is 5.69 Å². The van der Waals surface area contributed by atoms with E-state index in [0.29, 0.717) is 28.3 Å². The minimum absolute atomic E-state index is 0.131. The number of carbonyl (C=O) groups is 1. The van der Waals surface area contributed by atoms with Crippen molar-refractivity contribution >= 4 is 23.1 Å². The second kappa shape index (κ2) is 7.56. The zero-order valence-electron chi connectivity index (χ0n) is 13.5. The number of amides is 1. The van der Waals surface area contributed by atoms with Crippen LogP contribution in [0.1, 0.15) is 21.6 Å². The maximum atomic E-state index is 12.2. The molecule has 0 radical (unpaired) electrons. The molecule has 1 aromatic heterocycles. The van der Waals surface area contributed by atoms with Crippen molar-refractivity contribution in [2.24, 2.45) is 0 Å². The average Bonchev–Trinajstić information content (AvgIpc) is 2.69. The first-order valence-electron chi connectivity index (χ1n) is 7.61. The van der Waals surface area contributed by atoms with Gasteiger partial charge in [-0.1, -0.05) is 18.2 Å². The predicted molar refractivity (Wildman–Crippen MR) is 95.6 cm³/mol. The Hall–Kier alpha value is -4.23. The molecule has 0 unspecified atom stereocenters. The normalized spacial score (nSPS) is 9.62. The largest absolute Gasteiger partial charge is 0.338 e. The van der Waals surface area contributed by atoms with Crippen LogP contribution in [-0.2, 0) is 0 Å². The van der Waals surface area contributed by atoms with Crippen molar-refractivity contribution in [1.82, 2.24) is 10.2 Å². The molecule has 0 fully saturated rings. The minimum atomic E-state index is -0.434. The fraction of sp³-hybridized carbons (Fsp3) is 0. The van der Waals surface area contributed by atoms with Crippen LogP contribution < -0.4 is 10.6 Å². The summed E-state index contributed by atoms with van der Waals surface area (Å²) in [6, 6.07) is 20.8. The smallest absolute Gasteiger partial charge is 0.276 e. The number of carbonyl (C=O) groups excluding carboxylic acids is 1. The molecule has 124 valence electrons. The summed E-state index contributed by atoms with van der Waals surface area (Å²) in [5.41, 5.74) is 2.17. The molecule has 0 saturated carbocycles. The summed E-state index contributed by atoms with van der Waals surface area (Å²) in [4.78, 5) is 12.2. The number of nitrogens with zero attached hydrogens (tertiary/aromatic N) is 4. The molecule has 7 heteroatoms. The summed E-state index contributed by atoms with van der Waals surface area (Å²) >= 11 is 0. The monoisotopic (exact) mass is 340 g/mol. The summed E-state index contributed by atoms with van der Waals surface area (Å²) in [6.07, 6.45) is 0. The van der Waals surface area contributed by atoms with E-state index in [9.17, 15) is 4.79 Å². The molecule has 1 amide bonds. The number of hydrogen-bond acceptors (Lipinski definition) is 6. The molecule has 0 spiro atoms. The first-order chi connectivity index (χ1) is 12.7. The van der Waals surface area contributed by atoms with Crippen LogP contribution in [0.25, 0.3) is 0 Å². The summed E-state index contributed by atoms with van der Waals surface area (Å²) in [7, 11) is 0. The molecular weight excluding hydrogens is 328 g/mol. The molecule has 2 aromatic carbocycles. The first kappa shape index (κ1) is 16.6. The van der Waals surface area contributed by atoms with Crippen LogP contribution in [0.5, 0.6) is 0 Å². The van der Waals surface area contributed by atoms with Crippen molar-refractivity contribution < 1.29 is 4.79 Å². The van der Waals surface area contributed by atoms with Gasteiger partial charge in [0.15, 0.2) is 11.5 Å². The van der Waals surface area contributed by atoms with Gasteiger partial charge in [-0.2, -0.15) is 10.5 Å². The van der Waals surface area contributed by atoms with Crippen molar-refractivity contribution in [2.45, 2.75) is 0 Å². The van der Waals surface area contributed by atoms with E-state index in [-0.39, 0.29) is 5.69 Å². The summed E-state index contributed by atoms with van der Waals surface area (Å²) < 4.78 is 0. The molecule has 3 aromatic rings. The zero-order valence-corrected chi connectivity index (χ0v) is 13.5. The van der Waals surface area contributed by atoms with Gasteiger partial charge in [-0.15, -0.1) is 10.2 Å². The summed E-state index contributed by atoms with van der Waals surface area (Å²) in [5.74, 6) is -0.0210. The van der Waals surface area contributed by atoms with Gasteiger partial charge < -0.3 is 10.6 Å². The van der Waals surface area contributed by atoms with E-state index >= 15 is 0 Å². The van der Waals surface area contributed by atoms with Gasteiger partial charge >= 0.3 is 0 Å². The van der Waals surface area contributed by atoms with Crippen molar-refractivity contribution in [2.75, 3.05) is 10.6 Å². The third-order valence-corrected chi connectivity index (χ3v) is 3.46. The average molecular weight is 340 g/mol. The molecule has 0 aliphatic carbocycles. The van der Waals surface area contributed by atoms with Crippen LogP contribution >= 0.6 is 0 Å². The maximum absolute atomic E-state index is 12.2. The molecule has 0 aliphatic heterocycles. The summed E-state index contributed by atoms with van der Waals surface area (Å²) in [5, 5.41) is 31.5. The van der Waals surface area contributed by atoms with Crippen LogP contribution in [0.2, 0.25) is 0 Å². The minimum Gasteiger partial charge on any atom is -0.338 e. The number of nitriles is 2. The molecule has 0 aliphatic rings. The van der Waals surface area contributed by atoms with E-state index in [1.807, 2.05) is 6.07 Å². The highest BCUT2D eigenvalue weighted by atomic mass is 16.1. The third kappa shape index (κ3) is 3.81. The Bertz CT molecular complexity index is 1030. The number of benzene rings is 2. The highest BCUT2D eigenvalue weighted by molar-refractivity contribution is 6.02. The highest BCUT2D eigenvalue weighted by Gasteiger charge is 2.10. The zero-order chi connectivity index (χ0) is 18.4. The van der Waals surface area contributed by atoms with Gasteiger partial charge in [-0.3, -0.25) is 4.79 Å². The maximum Gasteiger partial charge on any atom is 0.276 e. The molecule has 0 atom stereocenters. The van der Waals surface area contributed by atoms with Gasteiger partial charge in [0.05, 0.1) is 22.9 Å². The van der Waals surface area contributed by atoms with Gasteiger partial charge in [-0.05, 0) is 42.5 Å². The Balaban J connectivity index is 1.72. The number of rotatable bonds is 4. The molecule has 0 bridgehead atoms. The van der Waals surface area contributed by atoms with Crippen molar-refractivity contribution in [1.29, 1.82) is 10.5 Å². The van der Waals surface area contributed by atoms with Gasteiger partial charge in [-0.25, -0.2) is 0 Å². The fourth-order valence-corrected chi connectivity index (χ4v) is 2.21. The molecular formula is C19H12N6O. The van der Waals surface area contributed by atoms with E-state index in [1.54, 1.807) is 54.6 Å². The molecule has 1 heterocycles. The second-order valence-corrected chi connectivity index (χ2v) is 5.23. The lowest BCUT2D eigenvalue weighted by Gasteiger charge is -2.07. The van der Waals surface area contributed by atoms with Gasteiger partial charge in [0.1, 0.15) is 6.07 Å². The van der Waals surface area contributed by atoms with Crippen molar-refractivity contribution in [3.8, 4) is 12.1 Å². The third-order valence-electron chi connectivity index (χ3n) is 3.46. The van der Waals surface area contributed by atoms with Crippen LogP contribution in [0.15, 0.2) is 60.7 Å². The standard InChI is InChI=1S/C19H12N6O/c20-11-13-4-3-6-15(10-13)22-19(26)17-8-9-18(25-24-17)23-16-7-2-1-5-14(16)12-21/h1-10H,(H,22,26)(H,23,25). The second-order valence-electron chi connectivity index (χ2n) is 5.23. The Kier molecular flexibility index (Phi) is 4.83. The molecule has 0 saturated heterocycles. The van der Waals surface area contributed by atoms with Crippen LogP contribution in [0.4, 0.5) is 17.2 Å². The highest BCUT2D eigenvalue weighted by Crippen LogP contribution is 2.18. The van der Waals surface area contributed by atoms with Crippen molar-refractivity contribution in [3.05, 3.63) is 77.5 Å². The number of nitrogens with one attached hydrogen (secondary N) is 2. The Morgan fingerprint density at radius 2 is 1.77 bits per heavy atom. The topological polar surface area (TPSA) is 114 Å². The first-order valence-corrected chi connectivity index (χ1v) is 7.61. The Morgan fingerprint density at radius 1 is 0.923 bits per heavy atom. The van der Waals surface area contributed by atoms with E-state index in [4.69, 9.17) is 10.5 Å². The van der Waals surface area contributed by atoms with E-state index < -0.39 is 5.91 Å². The molecule has 3 rings (SSSR count). The Labute approximate surface area is 149 Å². The molecule has 26 heavy (non-hydrogen) atoms. The van der Waals surface area contributed by atoms with Gasteiger partial charge in [0.25, 0.3) is 5.91 Å². The Morgan fingerprint density at radius 3 is 2.50 bits per heavy atom. The van der Waals surface area contributed by atoms with E-state index in [1.165, 1.54) is 6.07 Å². The predicted octanol–water partition coefficient (Wildman–Crippen LogP) is 3.22. The summed E-state index contributed by atoms with van der Waals surface area (Å²) in [6.45, 7) is 0. The quantitative estimate of drug-likeness (QED) is 0.753. The number of hydrogen-bond donors (Lipinski definition) is 2. The molecule has 2 N–H and O–H groups in total. The van der Waals surface area contributed by atoms with Crippen LogP contribution in [-0.4, -0.2) is 16.1 Å². The van der Waals surface area contributed by atoms with Crippen LogP contribution in [0.3, 0.4) is 0 Å². The lowest BCUT2D eigenvalue weighted by Crippen LogP contribution is -2.14.